The van der Waals surface area contributed by atoms with Crippen LogP contribution in [0.5, 0.6) is 11.5 Å². The van der Waals surface area contributed by atoms with E-state index < -0.39 is 11.8 Å². The van der Waals surface area contributed by atoms with Gasteiger partial charge in [0.15, 0.2) is 17.3 Å². The molecule has 3 aromatic rings. The van der Waals surface area contributed by atoms with Crippen molar-refractivity contribution in [2.75, 3.05) is 6.79 Å². The molecular formula is C24H19N3O5. The number of nitrogens with one attached hydrogen (secondary N) is 2. The maximum absolute atomic E-state index is 12.7. The largest absolute Gasteiger partial charge is 0.459 e. The Bertz CT molecular complexity index is 1180. The Morgan fingerprint density at radius 1 is 0.938 bits per heavy atom. The van der Waals surface area contributed by atoms with E-state index in [1.54, 1.807) is 30.3 Å². The molecule has 0 unspecified atom stereocenters. The number of hydrazone groups is 1. The molecule has 1 aliphatic heterocycles. The molecule has 2 aromatic carbocycles. The summed E-state index contributed by atoms with van der Waals surface area (Å²) < 4.78 is 15.8. The van der Waals surface area contributed by atoms with Crippen molar-refractivity contribution in [2.24, 2.45) is 5.10 Å². The summed E-state index contributed by atoms with van der Waals surface area (Å²) in [5, 5.41) is 6.46. The molecule has 1 aliphatic rings. The number of nitrogens with zero attached hydrogens (tertiary/aromatic N) is 1. The van der Waals surface area contributed by atoms with E-state index >= 15 is 0 Å². The molecule has 2 N–H and O–H groups in total. The van der Waals surface area contributed by atoms with Crippen molar-refractivity contribution in [3.05, 3.63) is 95.6 Å². The maximum Gasteiger partial charge on any atom is 0.291 e. The van der Waals surface area contributed by atoms with Gasteiger partial charge in [0.25, 0.3) is 11.8 Å². The average molecular weight is 429 g/mol. The Labute approximate surface area is 183 Å². The highest BCUT2D eigenvalue weighted by Gasteiger charge is 2.17. The molecule has 0 radical (unpaired) electrons. The summed E-state index contributed by atoms with van der Waals surface area (Å²) in [6.07, 6.45) is 7.86. The van der Waals surface area contributed by atoms with Crippen LogP contribution in [0.4, 0.5) is 0 Å². The second kappa shape index (κ2) is 9.94. The lowest BCUT2D eigenvalue weighted by molar-refractivity contribution is -0.117. The molecule has 1 aromatic heterocycles. The number of amides is 2. The van der Waals surface area contributed by atoms with Gasteiger partial charge in [-0.05, 0) is 47.5 Å². The van der Waals surface area contributed by atoms with Crippen molar-refractivity contribution in [3.63, 3.8) is 0 Å². The smallest absolute Gasteiger partial charge is 0.291 e. The molecule has 32 heavy (non-hydrogen) atoms. The lowest BCUT2D eigenvalue weighted by Gasteiger charge is -2.08. The minimum absolute atomic E-state index is 0.0190. The average Bonchev–Trinajstić information content (AvgIpc) is 3.51. The molecule has 0 saturated carbocycles. The first-order valence-corrected chi connectivity index (χ1v) is 9.70. The van der Waals surface area contributed by atoms with Gasteiger partial charge in [-0.2, -0.15) is 5.10 Å². The number of carbonyl (C=O) groups excluding carboxylic acids is 2. The fourth-order valence-corrected chi connectivity index (χ4v) is 2.84. The van der Waals surface area contributed by atoms with E-state index in [0.717, 1.165) is 5.56 Å². The van der Waals surface area contributed by atoms with Crippen molar-refractivity contribution in [3.8, 4) is 11.5 Å². The molecule has 2 amide bonds. The lowest BCUT2D eigenvalue weighted by Crippen LogP contribution is -2.32. The SMILES string of the molecule is O=C(N/N=C/C=C\c1ccccc1)/C(=C/c1ccc2c(c1)OCO2)NC(=O)c1ccco1. The van der Waals surface area contributed by atoms with Crippen LogP contribution >= 0.6 is 0 Å². The molecule has 8 nitrogen and oxygen atoms in total. The van der Waals surface area contributed by atoms with E-state index in [2.05, 4.69) is 15.8 Å². The summed E-state index contributed by atoms with van der Waals surface area (Å²) >= 11 is 0. The molecule has 0 fully saturated rings. The minimum Gasteiger partial charge on any atom is -0.459 e. The summed E-state index contributed by atoms with van der Waals surface area (Å²) in [6.45, 7) is 0.135. The van der Waals surface area contributed by atoms with Gasteiger partial charge in [0, 0.05) is 6.21 Å². The fourth-order valence-electron chi connectivity index (χ4n) is 2.84. The van der Waals surface area contributed by atoms with Gasteiger partial charge in [0.1, 0.15) is 5.70 Å². The van der Waals surface area contributed by atoms with Gasteiger partial charge in [0.05, 0.1) is 6.26 Å². The molecule has 0 bridgehead atoms. The van der Waals surface area contributed by atoms with Gasteiger partial charge < -0.3 is 19.2 Å². The zero-order valence-electron chi connectivity index (χ0n) is 16.9. The van der Waals surface area contributed by atoms with Gasteiger partial charge in [-0.15, -0.1) is 0 Å². The van der Waals surface area contributed by atoms with Crippen LogP contribution in [0.15, 0.2) is 88.2 Å². The van der Waals surface area contributed by atoms with E-state index in [4.69, 9.17) is 13.9 Å². The van der Waals surface area contributed by atoms with Crippen LogP contribution in [-0.4, -0.2) is 24.8 Å². The van der Waals surface area contributed by atoms with Crippen LogP contribution in [0.1, 0.15) is 21.7 Å². The van der Waals surface area contributed by atoms with Crippen LogP contribution in [0, 0.1) is 0 Å². The zero-order chi connectivity index (χ0) is 22.2. The van der Waals surface area contributed by atoms with Crippen LogP contribution in [-0.2, 0) is 4.79 Å². The van der Waals surface area contributed by atoms with Crippen LogP contribution in [0.3, 0.4) is 0 Å². The molecule has 4 rings (SSSR count). The van der Waals surface area contributed by atoms with Crippen LogP contribution < -0.4 is 20.2 Å². The summed E-state index contributed by atoms with van der Waals surface area (Å²) in [5.74, 6) is 0.0724. The van der Waals surface area contributed by atoms with E-state index in [1.165, 1.54) is 24.6 Å². The third-order valence-corrected chi connectivity index (χ3v) is 4.36. The van der Waals surface area contributed by atoms with Gasteiger partial charge in [-0.1, -0.05) is 42.5 Å². The second-order valence-corrected chi connectivity index (χ2v) is 6.59. The first-order valence-electron chi connectivity index (χ1n) is 9.70. The highest BCUT2D eigenvalue weighted by molar-refractivity contribution is 6.04. The fraction of sp³-hybridized carbons (Fsp3) is 0.0417. The number of hydrogen-bond acceptors (Lipinski definition) is 6. The predicted octanol–water partition coefficient (Wildman–Crippen LogP) is 3.59. The monoisotopic (exact) mass is 429 g/mol. The topological polar surface area (TPSA) is 102 Å². The summed E-state index contributed by atoms with van der Waals surface area (Å²) in [5.41, 5.74) is 4.01. The number of allylic oxidation sites excluding steroid dienone is 1. The number of benzene rings is 2. The second-order valence-electron chi connectivity index (χ2n) is 6.59. The Hall–Kier alpha value is -4.59. The summed E-state index contributed by atoms with van der Waals surface area (Å²) in [7, 11) is 0. The van der Waals surface area contributed by atoms with Gasteiger partial charge in [0.2, 0.25) is 6.79 Å². The molecule has 0 atom stereocenters. The third kappa shape index (κ3) is 5.31. The number of ether oxygens (including phenoxy) is 2. The van der Waals surface area contributed by atoms with Crippen molar-refractivity contribution < 1.29 is 23.5 Å². The molecule has 0 spiro atoms. The zero-order valence-corrected chi connectivity index (χ0v) is 16.9. The lowest BCUT2D eigenvalue weighted by atomic mass is 10.1. The normalized spacial score (nSPS) is 12.9. The highest BCUT2D eigenvalue weighted by atomic mass is 16.7. The number of hydrogen-bond donors (Lipinski definition) is 2. The summed E-state index contributed by atoms with van der Waals surface area (Å²) in [4.78, 5) is 25.1. The predicted molar refractivity (Wildman–Crippen MR) is 119 cm³/mol. The summed E-state index contributed by atoms with van der Waals surface area (Å²) in [6, 6.07) is 17.9. The molecular weight excluding hydrogens is 410 g/mol. The molecule has 0 saturated heterocycles. The van der Waals surface area contributed by atoms with Crippen molar-refractivity contribution in [1.82, 2.24) is 10.7 Å². The highest BCUT2D eigenvalue weighted by Crippen LogP contribution is 2.33. The third-order valence-electron chi connectivity index (χ3n) is 4.36. The molecule has 160 valence electrons. The van der Waals surface area contributed by atoms with Gasteiger partial charge in [-0.3, -0.25) is 9.59 Å². The van der Waals surface area contributed by atoms with Crippen molar-refractivity contribution in [2.45, 2.75) is 0 Å². The molecule has 0 aliphatic carbocycles. The van der Waals surface area contributed by atoms with E-state index in [1.807, 2.05) is 36.4 Å². The number of rotatable bonds is 7. The van der Waals surface area contributed by atoms with E-state index in [9.17, 15) is 9.59 Å². The Balaban J connectivity index is 1.48. The van der Waals surface area contributed by atoms with Crippen molar-refractivity contribution in [1.29, 1.82) is 0 Å². The Morgan fingerprint density at radius 2 is 1.78 bits per heavy atom. The number of fused-ring (bicyclic) bond motifs is 1. The first-order chi connectivity index (χ1) is 15.7. The van der Waals surface area contributed by atoms with Crippen LogP contribution in [0.2, 0.25) is 0 Å². The van der Waals surface area contributed by atoms with E-state index in [0.29, 0.717) is 17.1 Å². The Kier molecular flexibility index (Phi) is 6.42. The number of carbonyl (C=O) groups is 2. The van der Waals surface area contributed by atoms with Gasteiger partial charge >= 0.3 is 0 Å². The van der Waals surface area contributed by atoms with Crippen molar-refractivity contribution >= 4 is 30.2 Å². The number of furan rings is 1. The Morgan fingerprint density at radius 3 is 2.59 bits per heavy atom. The molecule has 8 heteroatoms. The van der Waals surface area contributed by atoms with E-state index in [-0.39, 0.29) is 18.3 Å². The first kappa shape index (κ1) is 20.7. The molecule has 2 heterocycles. The van der Waals surface area contributed by atoms with Crippen LogP contribution in [0.25, 0.3) is 12.2 Å². The minimum atomic E-state index is -0.605. The maximum atomic E-state index is 12.7. The van der Waals surface area contributed by atoms with Gasteiger partial charge in [-0.25, -0.2) is 5.43 Å². The standard InChI is InChI=1S/C24H19N3O5/c28-23(27-25-12-4-8-17-6-2-1-3-7-17)19(26-24(29)21-9-5-13-30-21)14-18-10-11-20-22(15-18)32-16-31-20/h1-15H,16H2,(H,26,29)(H,27,28)/b8-4-,19-14-,25-12+. The quantitative estimate of drug-likeness (QED) is 0.339.